The molecule has 0 radical (unpaired) electrons. The predicted molar refractivity (Wildman–Crippen MR) is 171 cm³/mol. The van der Waals surface area contributed by atoms with Crippen molar-refractivity contribution in [3.05, 3.63) is 24.3 Å². The molecule has 1 aromatic heterocycles. The van der Waals surface area contributed by atoms with Crippen LogP contribution >= 0.6 is 0 Å². The van der Waals surface area contributed by atoms with E-state index in [9.17, 15) is 29.1 Å². The van der Waals surface area contributed by atoms with Crippen molar-refractivity contribution in [3.8, 4) is 0 Å². The fraction of sp³-hybridized carbons (Fsp3) is 0.735. The minimum absolute atomic E-state index is 0.0327. The van der Waals surface area contributed by atoms with Gasteiger partial charge in [0.1, 0.15) is 11.7 Å². The molecule has 0 bridgehead atoms. The second-order valence-corrected chi connectivity index (χ2v) is 14.8. The lowest BCUT2D eigenvalue weighted by molar-refractivity contribution is -0.148. The summed E-state index contributed by atoms with van der Waals surface area (Å²) < 4.78 is 0. The third-order valence-corrected chi connectivity index (χ3v) is 9.79. The number of likely N-dealkylation sites (tertiary alicyclic amines) is 1. The number of ketones is 1. The first-order valence-corrected chi connectivity index (χ1v) is 16.9. The number of nitrogens with zero attached hydrogens (tertiary/aromatic N) is 3. The van der Waals surface area contributed by atoms with Gasteiger partial charge < -0.3 is 26.0 Å². The molecule has 4 N–H and O–H groups in total. The molecule has 3 fully saturated rings. The summed E-state index contributed by atoms with van der Waals surface area (Å²) in [6, 6.07) is -2.30. The Hall–Kier alpha value is -3.41. The Morgan fingerprint density at radius 1 is 1.04 bits per heavy atom. The number of amides is 4. The number of aliphatic hydroxyl groups is 1. The number of hydrogen-bond acceptors (Lipinski definition) is 8. The van der Waals surface area contributed by atoms with E-state index in [-0.39, 0.29) is 53.5 Å². The largest absolute Gasteiger partial charge is 0.381 e. The van der Waals surface area contributed by atoms with Crippen LogP contribution in [-0.2, 0) is 19.2 Å². The molecule has 1 aromatic rings. The highest BCUT2D eigenvalue weighted by Crippen LogP contribution is 2.44. The van der Waals surface area contributed by atoms with Gasteiger partial charge in [-0.3, -0.25) is 29.0 Å². The number of aromatic nitrogens is 2. The summed E-state index contributed by atoms with van der Waals surface area (Å²) in [6.07, 6.45) is 8.21. The number of carbonyl (C=O) groups is 5. The van der Waals surface area contributed by atoms with Crippen molar-refractivity contribution in [3.63, 3.8) is 0 Å². The SMILES string of the molecule is CCC[C@H](NC(=O)[C@@H]1[C@H]2CCC[C@H]2CN1C(=O)[C@@H](CC(=O)[C@@H](NC(=O)c1cnccn1)C(C)C)C(C)(C)C)C(O)C(=O)NC1CC1. The first kappa shape index (κ1) is 35.4. The maximum Gasteiger partial charge on any atom is 0.272 e. The van der Waals surface area contributed by atoms with Gasteiger partial charge in [-0.2, -0.15) is 0 Å². The summed E-state index contributed by atoms with van der Waals surface area (Å²) in [5.41, 5.74) is -0.526. The number of carbonyl (C=O) groups excluding carboxylic acids is 5. The fourth-order valence-corrected chi connectivity index (χ4v) is 7.00. The predicted octanol–water partition coefficient (Wildman–Crippen LogP) is 2.40. The highest BCUT2D eigenvalue weighted by atomic mass is 16.3. The van der Waals surface area contributed by atoms with Gasteiger partial charge in [0.15, 0.2) is 11.9 Å². The molecule has 2 aliphatic carbocycles. The Labute approximate surface area is 272 Å². The van der Waals surface area contributed by atoms with E-state index in [1.165, 1.54) is 18.6 Å². The molecular formula is C34H52N6O6. The summed E-state index contributed by atoms with van der Waals surface area (Å²) in [7, 11) is 0. The zero-order valence-corrected chi connectivity index (χ0v) is 28.1. The number of rotatable bonds is 14. The van der Waals surface area contributed by atoms with E-state index in [4.69, 9.17) is 0 Å². The van der Waals surface area contributed by atoms with E-state index >= 15 is 0 Å². The molecule has 4 amide bonds. The molecule has 2 heterocycles. The molecule has 1 aliphatic heterocycles. The highest BCUT2D eigenvalue weighted by molar-refractivity contribution is 5.98. The van der Waals surface area contributed by atoms with Gasteiger partial charge in [0.25, 0.3) is 11.8 Å². The normalized spacial score (nSPS) is 23.7. The molecule has 12 nitrogen and oxygen atoms in total. The lowest BCUT2D eigenvalue weighted by Crippen LogP contribution is -2.57. The molecule has 1 saturated heterocycles. The average molecular weight is 641 g/mol. The zero-order chi connectivity index (χ0) is 33.8. The molecule has 1 unspecified atom stereocenters. The van der Waals surface area contributed by atoms with Gasteiger partial charge in [0.2, 0.25) is 11.8 Å². The summed E-state index contributed by atoms with van der Waals surface area (Å²) >= 11 is 0. The van der Waals surface area contributed by atoms with Crippen LogP contribution in [0.5, 0.6) is 0 Å². The third kappa shape index (κ3) is 8.49. The van der Waals surface area contributed by atoms with Gasteiger partial charge in [0.05, 0.1) is 18.3 Å². The molecule has 0 spiro atoms. The summed E-state index contributed by atoms with van der Waals surface area (Å²) in [5.74, 6) is -2.76. The van der Waals surface area contributed by atoms with Crippen molar-refractivity contribution >= 4 is 29.4 Å². The van der Waals surface area contributed by atoms with Crippen LogP contribution in [0.3, 0.4) is 0 Å². The van der Waals surface area contributed by atoms with Crippen LogP contribution in [0.25, 0.3) is 0 Å². The maximum absolute atomic E-state index is 14.5. The Balaban J connectivity index is 1.53. The van der Waals surface area contributed by atoms with Crippen molar-refractivity contribution in [2.45, 2.75) is 123 Å². The minimum Gasteiger partial charge on any atom is -0.381 e. The fourth-order valence-electron chi connectivity index (χ4n) is 7.00. The molecule has 254 valence electrons. The molecule has 12 heteroatoms. The monoisotopic (exact) mass is 640 g/mol. The second kappa shape index (κ2) is 15.0. The smallest absolute Gasteiger partial charge is 0.272 e. The van der Waals surface area contributed by atoms with Crippen molar-refractivity contribution in [2.75, 3.05) is 6.54 Å². The van der Waals surface area contributed by atoms with E-state index in [1.54, 1.807) is 4.90 Å². The molecule has 7 atom stereocenters. The minimum atomic E-state index is -1.39. The van der Waals surface area contributed by atoms with E-state index in [2.05, 4.69) is 25.9 Å². The topological polar surface area (TPSA) is 171 Å². The van der Waals surface area contributed by atoms with E-state index in [0.29, 0.717) is 19.4 Å². The second-order valence-electron chi connectivity index (χ2n) is 14.8. The van der Waals surface area contributed by atoms with Crippen LogP contribution in [0.15, 0.2) is 18.6 Å². The highest BCUT2D eigenvalue weighted by Gasteiger charge is 2.52. The standard InChI is InChI=1S/C34H52N6O6/c1-7-9-24(29(42)32(45)37-21-12-13-21)38-31(44)28-22-11-8-10-20(22)18-40(28)33(46)23(34(4,5)6)16-26(41)27(19(2)3)39-30(43)25-17-35-14-15-36-25/h14-15,17,19-24,27-29,42H,7-13,16,18H2,1-6H3,(H,37,45)(H,38,44)(H,39,43)/t20-,22-,23+,24-,27-,28-,29?/m0/s1. The Bertz CT molecular complexity index is 1260. The Kier molecular flexibility index (Phi) is 11.6. The van der Waals surface area contributed by atoms with Crippen molar-refractivity contribution in [1.29, 1.82) is 0 Å². The van der Waals surface area contributed by atoms with E-state index in [0.717, 1.165) is 32.1 Å². The molecule has 4 rings (SSSR count). The Morgan fingerprint density at radius 2 is 1.76 bits per heavy atom. The lowest BCUT2D eigenvalue weighted by atomic mass is 9.75. The van der Waals surface area contributed by atoms with Crippen LogP contribution in [0.1, 0.15) is 103 Å². The van der Waals surface area contributed by atoms with Crippen LogP contribution < -0.4 is 16.0 Å². The lowest BCUT2D eigenvalue weighted by Gasteiger charge is -2.37. The van der Waals surface area contributed by atoms with Crippen molar-refractivity contribution < 1.29 is 29.1 Å². The summed E-state index contributed by atoms with van der Waals surface area (Å²) in [5, 5.41) is 19.4. The van der Waals surface area contributed by atoms with Crippen LogP contribution in [0.4, 0.5) is 0 Å². The molecular weight excluding hydrogens is 588 g/mol. The number of fused-ring (bicyclic) bond motifs is 1. The van der Waals surface area contributed by atoms with Crippen molar-refractivity contribution in [2.24, 2.45) is 29.1 Å². The van der Waals surface area contributed by atoms with Crippen LogP contribution in [0.2, 0.25) is 0 Å². The van der Waals surface area contributed by atoms with Crippen LogP contribution in [-0.4, -0.2) is 86.2 Å². The van der Waals surface area contributed by atoms with Gasteiger partial charge in [0, 0.05) is 37.3 Å². The quantitative estimate of drug-likeness (QED) is 0.240. The van der Waals surface area contributed by atoms with Gasteiger partial charge in [-0.15, -0.1) is 0 Å². The number of nitrogens with one attached hydrogen (secondary N) is 3. The summed E-state index contributed by atoms with van der Waals surface area (Å²) in [6.45, 7) is 11.7. The molecule has 0 aromatic carbocycles. The number of hydrogen-bond donors (Lipinski definition) is 4. The number of aliphatic hydroxyl groups excluding tert-OH is 1. The van der Waals surface area contributed by atoms with Crippen LogP contribution in [0, 0.1) is 29.1 Å². The molecule has 46 heavy (non-hydrogen) atoms. The van der Waals surface area contributed by atoms with E-state index in [1.807, 2.05) is 41.5 Å². The maximum atomic E-state index is 14.5. The van der Waals surface area contributed by atoms with Gasteiger partial charge in [-0.05, 0) is 55.3 Å². The van der Waals surface area contributed by atoms with Gasteiger partial charge in [-0.25, -0.2) is 4.98 Å². The average Bonchev–Trinajstić information content (AvgIpc) is 3.57. The van der Waals surface area contributed by atoms with Gasteiger partial charge in [-0.1, -0.05) is 54.4 Å². The molecule has 3 aliphatic rings. The van der Waals surface area contributed by atoms with E-state index < -0.39 is 47.4 Å². The first-order valence-electron chi connectivity index (χ1n) is 16.9. The zero-order valence-electron chi connectivity index (χ0n) is 28.1. The first-order chi connectivity index (χ1) is 21.7. The number of Topliss-reactive ketones (excluding diaryl/α,β-unsaturated/α-hetero) is 1. The third-order valence-electron chi connectivity index (χ3n) is 9.79. The van der Waals surface area contributed by atoms with Gasteiger partial charge >= 0.3 is 0 Å². The summed E-state index contributed by atoms with van der Waals surface area (Å²) in [4.78, 5) is 77.5. The van der Waals surface area contributed by atoms with Crippen molar-refractivity contribution in [1.82, 2.24) is 30.8 Å². The molecule has 2 saturated carbocycles. The Morgan fingerprint density at radius 3 is 2.35 bits per heavy atom.